The SMILES string of the molecule is COc1ccc(-c2noc([C@H](C)O)c2C(=O)NC2CCCC2)cc1. The predicted octanol–water partition coefficient (Wildman–Crippen LogP) is 3.08. The highest BCUT2D eigenvalue weighted by atomic mass is 16.5. The lowest BCUT2D eigenvalue weighted by Gasteiger charge is -2.13. The van der Waals surface area contributed by atoms with E-state index in [4.69, 9.17) is 9.26 Å². The highest BCUT2D eigenvalue weighted by Gasteiger charge is 2.28. The molecule has 1 aromatic heterocycles. The molecular formula is C18H22N2O4. The van der Waals surface area contributed by atoms with E-state index in [0.29, 0.717) is 11.3 Å². The Labute approximate surface area is 140 Å². The summed E-state index contributed by atoms with van der Waals surface area (Å²) >= 11 is 0. The van der Waals surface area contributed by atoms with E-state index in [1.54, 1.807) is 26.2 Å². The average Bonchev–Trinajstić information content (AvgIpc) is 3.24. The highest BCUT2D eigenvalue weighted by molar-refractivity contribution is 6.01. The summed E-state index contributed by atoms with van der Waals surface area (Å²) in [6.07, 6.45) is 3.32. The van der Waals surface area contributed by atoms with Gasteiger partial charge in [-0.1, -0.05) is 18.0 Å². The van der Waals surface area contributed by atoms with Crippen molar-refractivity contribution in [2.45, 2.75) is 44.8 Å². The van der Waals surface area contributed by atoms with Crippen LogP contribution in [0.5, 0.6) is 5.75 Å². The minimum atomic E-state index is -0.908. The van der Waals surface area contributed by atoms with Crippen molar-refractivity contribution in [2.75, 3.05) is 7.11 Å². The summed E-state index contributed by atoms with van der Waals surface area (Å²) in [4.78, 5) is 12.8. The van der Waals surface area contributed by atoms with Crippen LogP contribution in [-0.2, 0) is 0 Å². The molecule has 1 aliphatic rings. The molecule has 2 N–H and O–H groups in total. The zero-order chi connectivity index (χ0) is 17.1. The molecule has 0 unspecified atom stereocenters. The number of ether oxygens (including phenoxy) is 1. The number of carbonyl (C=O) groups is 1. The van der Waals surface area contributed by atoms with Gasteiger partial charge in [0, 0.05) is 11.6 Å². The summed E-state index contributed by atoms with van der Waals surface area (Å²) in [6, 6.07) is 7.40. The third kappa shape index (κ3) is 3.28. The number of aliphatic hydroxyl groups excluding tert-OH is 1. The normalized spacial score (nSPS) is 16.1. The van der Waals surface area contributed by atoms with E-state index >= 15 is 0 Å². The van der Waals surface area contributed by atoms with Crippen LogP contribution in [-0.4, -0.2) is 29.3 Å². The van der Waals surface area contributed by atoms with E-state index in [2.05, 4.69) is 10.5 Å². The second kappa shape index (κ2) is 7.05. The lowest BCUT2D eigenvalue weighted by atomic mass is 10.0. The Kier molecular flexibility index (Phi) is 4.85. The van der Waals surface area contributed by atoms with E-state index in [9.17, 15) is 9.90 Å². The number of hydrogen-bond acceptors (Lipinski definition) is 5. The van der Waals surface area contributed by atoms with Crippen molar-refractivity contribution >= 4 is 5.91 Å². The summed E-state index contributed by atoms with van der Waals surface area (Å²) in [5.41, 5.74) is 1.48. The van der Waals surface area contributed by atoms with Gasteiger partial charge in [0.15, 0.2) is 5.76 Å². The Bertz CT molecular complexity index is 700. The van der Waals surface area contributed by atoms with Gasteiger partial charge in [-0.3, -0.25) is 4.79 Å². The van der Waals surface area contributed by atoms with Crippen LogP contribution in [0.1, 0.15) is 54.8 Å². The van der Waals surface area contributed by atoms with Crippen molar-refractivity contribution in [3.05, 3.63) is 35.6 Å². The fourth-order valence-corrected chi connectivity index (χ4v) is 3.08. The van der Waals surface area contributed by atoms with Gasteiger partial charge in [0.05, 0.1) is 7.11 Å². The number of aliphatic hydroxyl groups is 1. The number of aromatic nitrogens is 1. The van der Waals surface area contributed by atoms with Crippen LogP contribution in [0.4, 0.5) is 0 Å². The molecular weight excluding hydrogens is 308 g/mol. The third-order valence-corrected chi connectivity index (χ3v) is 4.38. The maximum Gasteiger partial charge on any atom is 0.257 e. The molecule has 2 aromatic rings. The molecule has 24 heavy (non-hydrogen) atoms. The molecule has 1 fully saturated rings. The second-order valence-corrected chi connectivity index (χ2v) is 6.13. The molecule has 1 aliphatic carbocycles. The van der Waals surface area contributed by atoms with Gasteiger partial charge in [-0.25, -0.2) is 0 Å². The molecule has 0 saturated heterocycles. The van der Waals surface area contributed by atoms with Gasteiger partial charge in [0.1, 0.15) is 23.1 Å². The first kappa shape index (κ1) is 16.5. The van der Waals surface area contributed by atoms with Gasteiger partial charge < -0.3 is 19.7 Å². The molecule has 3 rings (SSSR count). The molecule has 0 aliphatic heterocycles. The van der Waals surface area contributed by atoms with E-state index in [1.165, 1.54) is 0 Å². The number of carbonyl (C=O) groups excluding carboxylic acids is 1. The molecule has 0 bridgehead atoms. The van der Waals surface area contributed by atoms with Gasteiger partial charge in [-0.15, -0.1) is 0 Å². The number of benzene rings is 1. The van der Waals surface area contributed by atoms with Gasteiger partial charge >= 0.3 is 0 Å². The number of nitrogens with one attached hydrogen (secondary N) is 1. The van der Waals surface area contributed by atoms with Gasteiger partial charge in [-0.2, -0.15) is 0 Å². The monoisotopic (exact) mass is 330 g/mol. The fraction of sp³-hybridized carbons (Fsp3) is 0.444. The van der Waals surface area contributed by atoms with Crippen LogP contribution in [0, 0.1) is 0 Å². The van der Waals surface area contributed by atoms with Crippen LogP contribution in [0.15, 0.2) is 28.8 Å². The van der Waals surface area contributed by atoms with Crippen LogP contribution in [0.3, 0.4) is 0 Å². The van der Waals surface area contributed by atoms with E-state index in [0.717, 1.165) is 37.0 Å². The standard InChI is InChI=1S/C18H22N2O4/c1-11(21)17-15(18(22)19-13-5-3-4-6-13)16(20-24-17)12-7-9-14(23-2)10-8-12/h7-11,13,21H,3-6H2,1-2H3,(H,19,22)/t11-/m0/s1. The highest BCUT2D eigenvalue weighted by Crippen LogP contribution is 2.30. The Balaban J connectivity index is 1.95. The van der Waals surface area contributed by atoms with Crippen molar-refractivity contribution in [1.82, 2.24) is 10.5 Å². The van der Waals surface area contributed by atoms with Crippen LogP contribution in [0.2, 0.25) is 0 Å². The summed E-state index contributed by atoms with van der Waals surface area (Å²) in [7, 11) is 1.59. The minimum Gasteiger partial charge on any atom is -0.497 e. The maximum atomic E-state index is 12.8. The predicted molar refractivity (Wildman–Crippen MR) is 88.8 cm³/mol. The second-order valence-electron chi connectivity index (χ2n) is 6.13. The van der Waals surface area contributed by atoms with E-state index in [1.807, 2.05) is 12.1 Å². The summed E-state index contributed by atoms with van der Waals surface area (Å²) < 4.78 is 10.4. The smallest absolute Gasteiger partial charge is 0.257 e. The van der Waals surface area contributed by atoms with E-state index < -0.39 is 6.10 Å². The molecule has 1 amide bonds. The Hall–Kier alpha value is -2.34. The van der Waals surface area contributed by atoms with Crippen LogP contribution in [0.25, 0.3) is 11.3 Å². The van der Waals surface area contributed by atoms with Crippen molar-refractivity contribution in [1.29, 1.82) is 0 Å². The summed E-state index contributed by atoms with van der Waals surface area (Å²) in [5, 5.41) is 17.0. The summed E-state index contributed by atoms with van der Waals surface area (Å²) in [5.74, 6) is 0.663. The molecule has 128 valence electrons. The number of rotatable bonds is 5. The van der Waals surface area contributed by atoms with Gasteiger partial charge in [0.25, 0.3) is 5.91 Å². The van der Waals surface area contributed by atoms with Crippen molar-refractivity contribution < 1.29 is 19.2 Å². The minimum absolute atomic E-state index is 0.179. The number of methoxy groups -OCH3 is 1. The van der Waals surface area contributed by atoms with Crippen LogP contribution >= 0.6 is 0 Å². The number of amides is 1. The Morgan fingerprint density at radius 2 is 2.00 bits per heavy atom. The lowest BCUT2D eigenvalue weighted by Crippen LogP contribution is -2.33. The zero-order valence-corrected chi connectivity index (χ0v) is 13.9. The number of hydrogen-bond donors (Lipinski definition) is 2. The molecule has 0 radical (unpaired) electrons. The molecule has 6 nitrogen and oxygen atoms in total. The molecule has 0 spiro atoms. The average molecular weight is 330 g/mol. The van der Waals surface area contributed by atoms with Crippen molar-refractivity contribution in [3.8, 4) is 17.0 Å². The number of nitrogens with zero attached hydrogens (tertiary/aromatic N) is 1. The van der Waals surface area contributed by atoms with Gasteiger partial charge in [0.2, 0.25) is 0 Å². The first-order valence-corrected chi connectivity index (χ1v) is 8.23. The van der Waals surface area contributed by atoms with E-state index in [-0.39, 0.29) is 17.7 Å². The quantitative estimate of drug-likeness (QED) is 0.880. The third-order valence-electron chi connectivity index (χ3n) is 4.38. The largest absolute Gasteiger partial charge is 0.497 e. The zero-order valence-electron chi connectivity index (χ0n) is 13.9. The summed E-state index contributed by atoms with van der Waals surface area (Å²) in [6.45, 7) is 1.56. The first-order valence-electron chi connectivity index (χ1n) is 8.23. The van der Waals surface area contributed by atoms with Crippen molar-refractivity contribution in [2.24, 2.45) is 0 Å². The topological polar surface area (TPSA) is 84.6 Å². The molecule has 1 atom stereocenters. The molecule has 1 aromatic carbocycles. The Morgan fingerprint density at radius 1 is 1.33 bits per heavy atom. The fourth-order valence-electron chi connectivity index (χ4n) is 3.08. The van der Waals surface area contributed by atoms with Gasteiger partial charge in [-0.05, 0) is 44.0 Å². The first-order chi connectivity index (χ1) is 11.6. The lowest BCUT2D eigenvalue weighted by molar-refractivity contribution is 0.0925. The molecule has 1 saturated carbocycles. The van der Waals surface area contributed by atoms with Crippen molar-refractivity contribution in [3.63, 3.8) is 0 Å². The Morgan fingerprint density at radius 3 is 2.58 bits per heavy atom. The van der Waals surface area contributed by atoms with Crippen LogP contribution < -0.4 is 10.1 Å². The molecule has 1 heterocycles. The molecule has 6 heteroatoms. The maximum absolute atomic E-state index is 12.8.